The molecule has 0 aliphatic carbocycles. The van der Waals surface area contributed by atoms with E-state index in [1.165, 1.54) is 12.1 Å². The van der Waals surface area contributed by atoms with Crippen LogP contribution >= 0.6 is 11.6 Å². The minimum absolute atomic E-state index is 0.0684. The van der Waals surface area contributed by atoms with E-state index in [4.69, 9.17) is 21.1 Å². The third-order valence-corrected chi connectivity index (χ3v) is 4.95. The van der Waals surface area contributed by atoms with Crippen LogP contribution in [0.25, 0.3) is 5.69 Å². The summed E-state index contributed by atoms with van der Waals surface area (Å²) in [6.07, 6.45) is 0. The molecule has 7 heteroatoms. The van der Waals surface area contributed by atoms with Crippen molar-refractivity contribution in [2.75, 3.05) is 13.2 Å². The minimum Gasteiger partial charge on any atom is -0.494 e. The molecule has 1 heterocycles. The highest BCUT2D eigenvalue weighted by atomic mass is 35.5. The first-order valence-electron chi connectivity index (χ1n) is 9.40. The number of ketones is 1. The maximum atomic E-state index is 13.9. The van der Waals surface area contributed by atoms with E-state index < -0.39 is 18.4 Å². The normalized spacial score (nSPS) is 10.7. The van der Waals surface area contributed by atoms with Gasteiger partial charge in [0.05, 0.1) is 11.6 Å². The molecule has 5 nitrogen and oxygen atoms in total. The van der Waals surface area contributed by atoms with Gasteiger partial charge < -0.3 is 14.0 Å². The number of carbonyl (C=O) groups is 2. The van der Waals surface area contributed by atoms with Gasteiger partial charge in [0, 0.05) is 22.6 Å². The zero-order valence-electron chi connectivity index (χ0n) is 16.9. The summed E-state index contributed by atoms with van der Waals surface area (Å²) in [4.78, 5) is 24.8. The van der Waals surface area contributed by atoms with Crippen molar-refractivity contribution < 1.29 is 23.5 Å². The summed E-state index contributed by atoms with van der Waals surface area (Å²) in [5, 5.41) is -0.0684. The number of hydrogen-bond acceptors (Lipinski definition) is 4. The van der Waals surface area contributed by atoms with Crippen LogP contribution in [0.2, 0.25) is 5.02 Å². The molecule has 0 radical (unpaired) electrons. The van der Waals surface area contributed by atoms with Crippen molar-refractivity contribution in [3.8, 4) is 11.4 Å². The van der Waals surface area contributed by atoms with Crippen molar-refractivity contribution in [3.63, 3.8) is 0 Å². The fourth-order valence-corrected chi connectivity index (χ4v) is 3.51. The molecular formula is C23H21ClFNO4. The van der Waals surface area contributed by atoms with Gasteiger partial charge in [0.2, 0.25) is 5.78 Å². The van der Waals surface area contributed by atoms with E-state index in [0.717, 1.165) is 23.2 Å². The number of benzene rings is 2. The van der Waals surface area contributed by atoms with Crippen molar-refractivity contribution in [1.29, 1.82) is 0 Å². The van der Waals surface area contributed by atoms with E-state index in [1.54, 1.807) is 6.07 Å². The molecule has 0 N–H and O–H groups in total. The summed E-state index contributed by atoms with van der Waals surface area (Å²) in [6.45, 7) is 5.67. The molecule has 156 valence electrons. The second-order valence-electron chi connectivity index (χ2n) is 6.64. The van der Waals surface area contributed by atoms with Crippen LogP contribution in [0.3, 0.4) is 0 Å². The molecule has 0 aliphatic rings. The Labute approximate surface area is 179 Å². The predicted molar refractivity (Wildman–Crippen MR) is 112 cm³/mol. The highest BCUT2D eigenvalue weighted by Crippen LogP contribution is 2.24. The van der Waals surface area contributed by atoms with Gasteiger partial charge in [-0.25, -0.2) is 9.18 Å². The van der Waals surface area contributed by atoms with E-state index >= 15 is 0 Å². The molecule has 0 unspecified atom stereocenters. The van der Waals surface area contributed by atoms with Crippen LogP contribution in [0.1, 0.15) is 39.0 Å². The number of nitrogens with zero attached hydrogens (tertiary/aromatic N) is 1. The van der Waals surface area contributed by atoms with E-state index in [9.17, 15) is 14.0 Å². The van der Waals surface area contributed by atoms with Gasteiger partial charge in [-0.1, -0.05) is 17.7 Å². The number of carbonyl (C=O) groups excluding carboxylic acids is 2. The van der Waals surface area contributed by atoms with Gasteiger partial charge in [-0.05, 0) is 63.2 Å². The third kappa shape index (κ3) is 4.39. The van der Waals surface area contributed by atoms with Crippen LogP contribution in [0.4, 0.5) is 4.39 Å². The van der Waals surface area contributed by atoms with Crippen molar-refractivity contribution >= 4 is 23.4 Å². The van der Waals surface area contributed by atoms with Crippen LogP contribution in [0.5, 0.6) is 5.75 Å². The van der Waals surface area contributed by atoms with Crippen LogP contribution in [-0.4, -0.2) is 29.5 Å². The molecule has 0 atom stereocenters. The number of halogens is 2. The number of rotatable bonds is 7. The molecule has 2 aromatic carbocycles. The number of hydrogen-bond donors (Lipinski definition) is 0. The summed E-state index contributed by atoms with van der Waals surface area (Å²) >= 11 is 5.87. The lowest BCUT2D eigenvalue weighted by Gasteiger charge is -2.11. The maximum absolute atomic E-state index is 13.9. The molecule has 0 bridgehead atoms. The van der Waals surface area contributed by atoms with Gasteiger partial charge in [0.1, 0.15) is 17.1 Å². The van der Waals surface area contributed by atoms with Crippen molar-refractivity contribution in [2.45, 2.75) is 20.8 Å². The monoisotopic (exact) mass is 429 g/mol. The highest BCUT2D eigenvalue weighted by molar-refractivity contribution is 6.33. The first kappa shape index (κ1) is 21.6. The Kier molecular flexibility index (Phi) is 6.57. The Morgan fingerprint density at radius 1 is 1.10 bits per heavy atom. The number of aryl methyl sites for hydroxylation is 1. The van der Waals surface area contributed by atoms with Gasteiger partial charge in [0.25, 0.3) is 0 Å². The number of aromatic nitrogens is 1. The number of Topliss-reactive ketones (excluding diaryl/α,β-unsaturated/α-hetero) is 1. The zero-order chi connectivity index (χ0) is 21.8. The molecular weight excluding hydrogens is 409 g/mol. The number of esters is 1. The molecule has 0 saturated heterocycles. The van der Waals surface area contributed by atoms with Crippen molar-refractivity contribution in [3.05, 3.63) is 81.9 Å². The Morgan fingerprint density at radius 2 is 1.80 bits per heavy atom. The minimum atomic E-state index is -0.980. The van der Waals surface area contributed by atoms with Crippen LogP contribution in [-0.2, 0) is 4.74 Å². The fourth-order valence-electron chi connectivity index (χ4n) is 3.27. The smallest absolute Gasteiger partial charge is 0.343 e. The first-order chi connectivity index (χ1) is 14.3. The Bertz CT molecular complexity index is 1070. The second kappa shape index (κ2) is 9.13. The molecule has 1 aromatic heterocycles. The second-order valence-corrected chi connectivity index (χ2v) is 7.05. The van der Waals surface area contributed by atoms with E-state index in [-0.39, 0.29) is 16.4 Å². The van der Waals surface area contributed by atoms with Gasteiger partial charge in [-0.2, -0.15) is 0 Å². The lowest BCUT2D eigenvalue weighted by Crippen LogP contribution is -2.16. The van der Waals surface area contributed by atoms with E-state index in [1.807, 2.05) is 49.6 Å². The lowest BCUT2D eigenvalue weighted by atomic mass is 10.1. The molecule has 0 amide bonds. The highest BCUT2D eigenvalue weighted by Gasteiger charge is 2.21. The van der Waals surface area contributed by atoms with Gasteiger partial charge >= 0.3 is 5.97 Å². The molecule has 0 saturated carbocycles. The first-order valence-corrected chi connectivity index (χ1v) is 9.77. The van der Waals surface area contributed by atoms with Crippen LogP contribution < -0.4 is 4.74 Å². The molecule has 0 fully saturated rings. The molecule has 3 aromatic rings. The quantitative estimate of drug-likeness (QED) is 0.376. The van der Waals surface area contributed by atoms with E-state index in [0.29, 0.717) is 17.9 Å². The zero-order valence-corrected chi connectivity index (χ0v) is 17.6. The lowest BCUT2D eigenvalue weighted by molar-refractivity contribution is 0.0470. The van der Waals surface area contributed by atoms with Gasteiger partial charge in [-0.3, -0.25) is 4.79 Å². The topological polar surface area (TPSA) is 57.5 Å². The Balaban J connectivity index is 1.77. The van der Waals surface area contributed by atoms with Gasteiger partial charge in [0.15, 0.2) is 6.61 Å². The molecule has 30 heavy (non-hydrogen) atoms. The molecule has 0 aliphatic heterocycles. The summed E-state index contributed by atoms with van der Waals surface area (Å²) in [7, 11) is 0. The Morgan fingerprint density at radius 3 is 2.43 bits per heavy atom. The average molecular weight is 430 g/mol. The summed E-state index contributed by atoms with van der Waals surface area (Å²) in [6, 6.07) is 13.1. The standard InChI is InChI=1S/C23H21ClFNO4/c1-4-29-17-10-8-16(9-11-17)26-14(2)12-18(15(26)3)21(27)13-30-23(28)22-19(24)6-5-7-20(22)25/h5-12H,4,13H2,1-3H3. The predicted octanol–water partition coefficient (Wildman–Crippen LogP) is 5.33. The average Bonchev–Trinajstić information content (AvgIpc) is 3.01. The Hall–Kier alpha value is -3.12. The van der Waals surface area contributed by atoms with Crippen molar-refractivity contribution in [2.24, 2.45) is 0 Å². The van der Waals surface area contributed by atoms with Crippen LogP contribution in [0, 0.1) is 19.7 Å². The third-order valence-electron chi connectivity index (χ3n) is 4.64. The summed E-state index contributed by atoms with van der Waals surface area (Å²) in [5.74, 6) is -1.40. The molecule has 0 spiro atoms. The SMILES string of the molecule is CCOc1ccc(-n2c(C)cc(C(=O)COC(=O)c3c(F)cccc3Cl)c2C)cc1. The maximum Gasteiger partial charge on any atom is 0.343 e. The largest absolute Gasteiger partial charge is 0.494 e. The fraction of sp³-hybridized carbons (Fsp3) is 0.217. The van der Waals surface area contributed by atoms with Gasteiger partial charge in [-0.15, -0.1) is 0 Å². The van der Waals surface area contributed by atoms with Crippen molar-refractivity contribution in [1.82, 2.24) is 4.57 Å². The van der Waals surface area contributed by atoms with E-state index in [2.05, 4.69) is 0 Å². The summed E-state index contributed by atoms with van der Waals surface area (Å²) < 4.78 is 26.3. The summed E-state index contributed by atoms with van der Waals surface area (Å²) in [5.41, 5.74) is 2.48. The van der Waals surface area contributed by atoms with Crippen LogP contribution in [0.15, 0.2) is 48.5 Å². The molecule has 3 rings (SSSR count). The number of ether oxygens (including phenoxy) is 2.